The molecule has 1 N–H and O–H groups in total. The molecular formula is C14H30N2O. The Labute approximate surface area is 107 Å². The standard InChI is InChI=1S/C14H30N2O/c1-6-13(2,12-17)10-16(5)11-14(15(3)4)8-7-9-14/h17H,6-12H2,1-5H3. The maximum absolute atomic E-state index is 9.48. The molecule has 0 aromatic heterocycles. The summed E-state index contributed by atoms with van der Waals surface area (Å²) in [6.07, 6.45) is 5.01. The molecule has 1 aliphatic carbocycles. The Kier molecular flexibility index (Phi) is 4.99. The molecule has 0 amide bonds. The SMILES string of the molecule is CCC(C)(CO)CN(C)CC1(N(C)C)CCC1. The summed E-state index contributed by atoms with van der Waals surface area (Å²) in [4.78, 5) is 4.79. The molecule has 1 rings (SSSR count). The van der Waals surface area contributed by atoms with Crippen molar-refractivity contribution in [2.75, 3.05) is 40.8 Å². The van der Waals surface area contributed by atoms with Crippen LogP contribution in [-0.2, 0) is 0 Å². The molecule has 0 bridgehead atoms. The van der Waals surface area contributed by atoms with Crippen LogP contribution >= 0.6 is 0 Å². The molecule has 0 heterocycles. The van der Waals surface area contributed by atoms with Gasteiger partial charge in [-0.2, -0.15) is 0 Å². The van der Waals surface area contributed by atoms with E-state index in [0.29, 0.717) is 5.54 Å². The van der Waals surface area contributed by atoms with Gasteiger partial charge in [-0.05, 0) is 46.8 Å². The van der Waals surface area contributed by atoms with E-state index in [-0.39, 0.29) is 12.0 Å². The van der Waals surface area contributed by atoms with Gasteiger partial charge in [-0.1, -0.05) is 13.8 Å². The van der Waals surface area contributed by atoms with Gasteiger partial charge in [-0.25, -0.2) is 0 Å². The number of rotatable bonds is 7. The smallest absolute Gasteiger partial charge is 0.0496 e. The molecule has 1 atom stereocenters. The lowest BCUT2D eigenvalue weighted by Crippen LogP contribution is -2.57. The van der Waals surface area contributed by atoms with Crippen LogP contribution in [-0.4, -0.2) is 61.3 Å². The second-order valence-corrected chi connectivity index (χ2v) is 6.47. The minimum atomic E-state index is 0.0476. The zero-order valence-electron chi connectivity index (χ0n) is 12.3. The van der Waals surface area contributed by atoms with E-state index in [2.05, 4.69) is 44.8 Å². The highest BCUT2D eigenvalue weighted by Gasteiger charge is 2.40. The minimum Gasteiger partial charge on any atom is -0.396 e. The summed E-state index contributed by atoms with van der Waals surface area (Å²) in [5.74, 6) is 0. The zero-order chi connectivity index (χ0) is 13.1. The normalized spacial score (nSPS) is 22.6. The second-order valence-electron chi connectivity index (χ2n) is 6.47. The molecule has 0 aromatic rings. The van der Waals surface area contributed by atoms with Crippen molar-refractivity contribution in [3.05, 3.63) is 0 Å². The number of hydrogen-bond acceptors (Lipinski definition) is 3. The van der Waals surface area contributed by atoms with Crippen LogP contribution in [0.15, 0.2) is 0 Å². The number of hydrogen-bond donors (Lipinski definition) is 1. The van der Waals surface area contributed by atoms with Gasteiger partial charge in [0.05, 0.1) is 0 Å². The van der Waals surface area contributed by atoms with Gasteiger partial charge in [-0.15, -0.1) is 0 Å². The molecule has 0 saturated heterocycles. The maximum Gasteiger partial charge on any atom is 0.0496 e. The third-order valence-electron chi connectivity index (χ3n) is 4.68. The molecule has 1 fully saturated rings. The van der Waals surface area contributed by atoms with Gasteiger partial charge in [0.25, 0.3) is 0 Å². The van der Waals surface area contributed by atoms with Crippen molar-refractivity contribution in [3.63, 3.8) is 0 Å². The van der Waals surface area contributed by atoms with Crippen molar-refractivity contribution < 1.29 is 5.11 Å². The minimum absolute atomic E-state index is 0.0476. The van der Waals surface area contributed by atoms with Gasteiger partial charge in [0, 0.05) is 30.7 Å². The molecule has 0 aromatic carbocycles. The molecular weight excluding hydrogens is 212 g/mol. The number of likely N-dealkylation sites (N-methyl/N-ethyl adjacent to an activating group) is 2. The lowest BCUT2D eigenvalue weighted by Gasteiger charge is -2.50. The van der Waals surface area contributed by atoms with Gasteiger partial charge < -0.3 is 14.9 Å². The van der Waals surface area contributed by atoms with E-state index < -0.39 is 0 Å². The molecule has 3 nitrogen and oxygen atoms in total. The number of nitrogens with zero attached hydrogens (tertiary/aromatic N) is 2. The van der Waals surface area contributed by atoms with Crippen LogP contribution in [0.2, 0.25) is 0 Å². The van der Waals surface area contributed by atoms with Crippen LogP contribution < -0.4 is 0 Å². The third kappa shape index (κ3) is 3.43. The van der Waals surface area contributed by atoms with Crippen LogP contribution in [0.3, 0.4) is 0 Å². The van der Waals surface area contributed by atoms with Crippen molar-refractivity contribution in [1.82, 2.24) is 9.80 Å². The Hall–Kier alpha value is -0.120. The lowest BCUT2D eigenvalue weighted by atomic mass is 9.75. The summed E-state index contributed by atoms with van der Waals surface area (Å²) < 4.78 is 0. The van der Waals surface area contributed by atoms with E-state index >= 15 is 0 Å². The first kappa shape index (κ1) is 14.9. The highest BCUT2D eigenvalue weighted by Crippen LogP contribution is 2.37. The molecule has 17 heavy (non-hydrogen) atoms. The molecule has 1 unspecified atom stereocenters. The quantitative estimate of drug-likeness (QED) is 0.737. The van der Waals surface area contributed by atoms with Crippen molar-refractivity contribution in [3.8, 4) is 0 Å². The summed E-state index contributed by atoms with van der Waals surface area (Å²) in [7, 11) is 6.57. The summed E-state index contributed by atoms with van der Waals surface area (Å²) in [6, 6.07) is 0. The first-order valence-corrected chi connectivity index (χ1v) is 6.84. The van der Waals surface area contributed by atoms with Gasteiger partial charge >= 0.3 is 0 Å². The van der Waals surface area contributed by atoms with E-state index in [1.54, 1.807) is 0 Å². The van der Waals surface area contributed by atoms with Gasteiger partial charge in [0.1, 0.15) is 0 Å². The fourth-order valence-electron chi connectivity index (χ4n) is 2.82. The van der Waals surface area contributed by atoms with E-state index in [1.165, 1.54) is 19.3 Å². The largest absolute Gasteiger partial charge is 0.396 e. The van der Waals surface area contributed by atoms with Crippen LogP contribution in [0.5, 0.6) is 0 Å². The number of aliphatic hydroxyl groups is 1. The molecule has 0 aliphatic heterocycles. The Balaban J connectivity index is 2.51. The first-order valence-electron chi connectivity index (χ1n) is 6.84. The average molecular weight is 242 g/mol. The fourth-order valence-corrected chi connectivity index (χ4v) is 2.82. The van der Waals surface area contributed by atoms with Crippen molar-refractivity contribution >= 4 is 0 Å². The summed E-state index contributed by atoms with van der Waals surface area (Å²) in [5.41, 5.74) is 0.435. The van der Waals surface area contributed by atoms with E-state index in [9.17, 15) is 5.11 Å². The Morgan fingerprint density at radius 1 is 1.24 bits per heavy atom. The lowest BCUT2D eigenvalue weighted by molar-refractivity contribution is 0.00872. The topological polar surface area (TPSA) is 26.7 Å². The second kappa shape index (κ2) is 5.68. The van der Waals surface area contributed by atoms with Crippen molar-refractivity contribution in [2.45, 2.75) is 45.1 Å². The number of aliphatic hydroxyl groups excluding tert-OH is 1. The van der Waals surface area contributed by atoms with E-state index in [1.807, 2.05) is 0 Å². The van der Waals surface area contributed by atoms with Gasteiger partial charge in [-0.3, -0.25) is 0 Å². The van der Waals surface area contributed by atoms with Crippen LogP contribution in [0.4, 0.5) is 0 Å². The fraction of sp³-hybridized carbons (Fsp3) is 1.00. The molecule has 1 aliphatic rings. The molecule has 102 valence electrons. The predicted molar refractivity (Wildman–Crippen MR) is 73.2 cm³/mol. The highest BCUT2D eigenvalue weighted by atomic mass is 16.3. The zero-order valence-corrected chi connectivity index (χ0v) is 12.3. The predicted octanol–water partition coefficient (Wildman–Crippen LogP) is 1.81. The first-order chi connectivity index (χ1) is 7.87. The Morgan fingerprint density at radius 2 is 1.82 bits per heavy atom. The van der Waals surface area contributed by atoms with Gasteiger partial charge in [0.2, 0.25) is 0 Å². The highest BCUT2D eigenvalue weighted by molar-refractivity contribution is 4.98. The summed E-state index contributed by atoms with van der Waals surface area (Å²) in [6.45, 7) is 6.72. The van der Waals surface area contributed by atoms with Crippen LogP contribution in [0.25, 0.3) is 0 Å². The molecule has 0 spiro atoms. The van der Waals surface area contributed by atoms with Crippen molar-refractivity contribution in [2.24, 2.45) is 5.41 Å². The van der Waals surface area contributed by atoms with Crippen molar-refractivity contribution in [1.29, 1.82) is 0 Å². The summed E-state index contributed by atoms with van der Waals surface area (Å²) in [5, 5.41) is 9.48. The third-order valence-corrected chi connectivity index (χ3v) is 4.68. The molecule has 3 heteroatoms. The van der Waals surface area contributed by atoms with Crippen LogP contribution in [0.1, 0.15) is 39.5 Å². The molecule has 1 saturated carbocycles. The Morgan fingerprint density at radius 3 is 2.12 bits per heavy atom. The maximum atomic E-state index is 9.48. The Bertz CT molecular complexity index is 232. The monoisotopic (exact) mass is 242 g/mol. The van der Waals surface area contributed by atoms with Crippen LogP contribution in [0, 0.1) is 5.41 Å². The van der Waals surface area contributed by atoms with E-state index in [0.717, 1.165) is 19.5 Å². The summed E-state index contributed by atoms with van der Waals surface area (Å²) >= 11 is 0. The average Bonchev–Trinajstić information content (AvgIpc) is 2.22. The van der Waals surface area contributed by atoms with E-state index in [4.69, 9.17) is 0 Å². The molecule has 0 radical (unpaired) electrons. The van der Waals surface area contributed by atoms with Gasteiger partial charge in [0.15, 0.2) is 0 Å².